The van der Waals surface area contributed by atoms with Gasteiger partial charge in [0.05, 0.1) is 37.1 Å². The topological polar surface area (TPSA) is 77.6 Å². The van der Waals surface area contributed by atoms with Crippen LogP contribution in [0.5, 0.6) is 11.5 Å². The molecule has 0 N–H and O–H groups in total. The molecule has 5 rings (SSSR count). The summed E-state index contributed by atoms with van der Waals surface area (Å²) in [5.74, 6) is 0.859. The van der Waals surface area contributed by atoms with Gasteiger partial charge in [-0.25, -0.2) is 4.98 Å². The highest BCUT2D eigenvalue weighted by Gasteiger charge is 2.35. The number of imidazole rings is 1. The van der Waals surface area contributed by atoms with E-state index in [2.05, 4.69) is 21.0 Å². The summed E-state index contributed by atoms with van der Waals surface area (Å²) in [6.45, 7) is 1.37. The van der Waals surface area contributed by atoms with E-state index >= 15 is 0 Å². The van der Waals surface area contributed by atoms with E-state index < -0.39 is 0 Å². The van der Waals surface area contributed by atoms with Crippen molar-refractivity contribution in [3.63, 3.8) is 0 Å². The van der Waals surface area contributed by atoms with Gasteiger partial charge in [0.25, 0.3) is 5.91 Å². The highest BCUT2D eigenvalue weighted by Crippen LogP contribution is 2.35. The van der Waals surface area contributed by atoms with E-state index in [1.54, 1.807) is 25.2 Å². The summed E-state index contributed by atoms with van der Waals surface area (Å²) >= 11 is 0. The predicted molar refractivity (Wildman–Crippen MR) is 130 cm³/mol. The Bertz CT molecular complexity index is 1340. The molecule has 1 fully saturated rings. The summed E-state index contributed by atoms with van der Waals surface area (Å²) in [5, 5.41) is 4.25. The van der Waals surface area contributed by atoms with Gasteiger partial charge >= 0.3 is 0 Å². The van der Waals surface area contributed by atoms with Crippen molar-refractivity contribution in [2.24, 2.45) is 7.05 Å². The lowest BCUT2D eigenvalue weighted by Gasteiger charge is -2.43. The molecule has 2 aromatic heterocycles. The second-order valence-corrected chi connectivity index (χ2v) is 8.77. The van der Waals surface area contributed by atoms with E-state index in [1.165, 1.54) is 0 Å². The number of likely N-dealkylation sites (N-methyl/N-ethyl adjacent to an activating group) is 1. The molecular formula is C25H28N6O3. The molecular weight excluding hydrogens is 432 g/mol. The van der Waals surface area contributed by atoms with Crippen molar-refractivity contribution < 1.29 is 14.3 Å². The predicted octanol–water partition coefficient (Wildman–Crippen LogP) is 2.83. The second kappa shape index (κ2) is 8.49. The molecule has 34 heavy (non-hydrogen) atoms. The van der Waals surface area contributed by atoms with Gasteiger partial charge in [0.2, 0.25) is 0 Å². The number of carbonyl (C=O) groups is 1. The van der Waals surface area contributed by atoms with Crippen LogP contribution in [0.2, 0.25) is 0 Å². The maximum absolute atomic E-state index is 13.3. The lowest BCUT2D eigenvalue weighted by atomic mass is 10.0. The SMILES string of the molecule is COc1cc(-n2cnc3cc(-c4cnn(C)c4)ccc32)cc(OC)c1C(=O)N1CC(N(C)C)C1. The number of likely N-dealkylation sites (tertiary alicyclic amines) is 1. The molecule has 1 aliphatic heterocycles. The van der Waals surface area contributed by atoms with E-state index in [0.717, 1.165) is 27.8 Å². The first-order chi connectivity index (χ1) is 16.4. The van der Waals surface area contributed by atoms with E-state index in [-0.39, 0.29) is 5.91 Å². The van der Waals surface area contributed by atoms with Gasteiger partial charge in [-0.05, 0) is 31.8 Å². The average molecular weight is 461 g/mol. The summed E-state index contributed by atoms with van der Waals surface area (Å²) < 4.78 is 15.0. The van der Waals surface area contributed by atoms with Crippen LogP contribution in [0.15, 0.2) is 49.1 Å². The van der Waals surface area contributed by atoms with Gasteiger partial charge in [-0.3, -0.25) is 14.0 Å². The number of carbonyl (C=O) groups excluding carboxylic acids is 1. The smallest absolute Gasteiger partial charge is 0.261 e. The van der Waals surface area contributed by atoms with Gasteiger partial charge in [-0.1, -0.05) is 6.07 Å². The van der Waals surface area contributed by atoms with E-state index in [9.17, 15) is 4.79 Å². The number of amides is 1. The van der Waals surface area contributed by atoms with E-state index in [4.69, 9.17) is 9.47 Å². The molecule has 1 saturated heterocycles. The largest absolute Gasteiger partial charge is 0.496 e. The lowest BCUT2D eigenvalue weighted by Crippen LogP contribution is -2.59. The monoisotopic (exact) mass is 460 g/mol. The van der Waals surface area contributed by atoms with Gasteiger partial charge in [0, 0.05) is 50.1 Å². The summed E-state index contributed by atoms with van der Waals surface area (Å²) in [7, 11) is 9.09. The zero-order chi connectivity index (χ0) is 24.0. The standard InChI is InChI=1S/C25H28N6O3/c1-28(2)19-13-30(14-19)25(32)24-22(33-4)9-18(10-23(24)34-5)31-15-26-20-8-16(6-7-21(20)31)17-11-27-29(3)12-17/h6-12,15,19H,13-14H2,1-5H3. The van der Waals surface area contributed by atoms with Crippen molar-refractivity contribution in [2.45, 2.75) is 6.04 Å². The number of nitrogens with zero attached hydrogens (tertiary/aromatic N) is 6. The van der Waals surface area contributed by atoms with Crippen molar-refractivity contribution in [1.29, 1.82) is 0 Å². The van der Waals surface area contributed by atoms with Crippen LogP contribution < -0.4 is 9.47 Å². The quantitative estimate of drug-likeness (QED) is 0.440. The minimum Gasteiger partial charge on any atom is -0.496 e. The fraction of sp³-hybridized carbons (Fsp3) is 0.320. The van der Waals surface area contributed by atoms with Crippen molar-refractivity contribution in [2.75, 3.05) is 41.4 Å². The molecule has 0 radical (unpaired) electrons. The number of aryl methyl sites for hydroxylation is 1. The van der Waals surface area contributed by atoms with Crippen molar-refractivity contribution in [1.82, 2.24) is 29.1 Å². The first kappa shape index (κ1) is 22.0. The van der Waals surface area contributed by atoms with Gasteiger partial charge < -0.3 is 19.3 Å². The zero-order valence-corrected chi connectivity index (χ0v) is 20.0. The highest BCUT2D eigenvalue weighted by atomic mass is 16.5. The molecule has 0 atom stereocenters. The van der Waals surface area contributed by atoms with Gasteiger partial charge in [-0.15, -0.1) is 0 Å². The Labute approximate surface area is 198 Å². The average Bonchev–Trinajstić information content (AvgIpc) is 3.42. The zero-order valence-electron chi connectivity index (χ0n) is 20.0. The Balaban J connectivity index is 1.51. The minimum absolute atomic E-state index is 0.0880. The third-order valence-electron chi connectivity index (χ3n) is 6.45. The molecule has 176 valence electrons. The molecule has 9 heteroatoms. The lowest BCUT2D eigenvalue weighted by molar-refractivity contribution is 0.0393. The van der Waals surface area contributed by atoms with Crippen LogP contribution in [0.3, 0.4) is 0 Å². The Hall–Kier alpha value is -3.85. The highest BCUT2D eigenvalue weighted by molar-refractivity contribution is 6.01. The minimum atomic E-state index is -0.0880. The Morgan fingerprint density at radius 3 is 2.35 bits per heavy atom. The maximum Gasteiger partial charge on any atom is 0.261 e. The fourth-order valence-corrected chi connectivity index (χ4v) is 4.32. The summed E-state index contributed by atoms with van der Waals surface area (Å²) in [6.07, 6.45) is 5.58. The Morgan fingerprint density at radius 1 is 1.06 bits per heavy atom. The third kappa shape index (κ3) is 3.67. The van der Waals surface area contributed by atoms with Crippen LogP contribution in [0.1, 0.15) is 10.4 Å². The first-order valence-electron chi connectivity index (χ1n) is 11.1. The first-order valence-corrected chi connectivity index (χ1v) is 11.1. The van der Waals surface area contributed by atoms with Crippen LogP contribution in [0.25, 0.3) is 27.8 Å². The number of aromatic nitrogens is 4. The molecule has 3 heterocycles. The van der Waals surface area contributed by atoms with Gasteiger partial charge in [-0.2, -0.15) is 5.10 Å². The molecule has 2 aromatic carbocycles. The summed E-state index contributed by atoms with van der Waals surface area (Å²) in [6, 6.07) is 10.2. The molecule has 0 unspecified atom stereocenters. The van der Waals surface area contributed by atoms with Crippen molar-refractivity contribution in [3.05, 3.63) is 54.6 Å². The normalized spacial score (nSPS) is 14.0. The molecule has 0 spiro atoms. The van der Waals surface area contributed by atoms with E-state index in [1.807, 2.05) is 67.3 Å². The van der Waals surface area contributed by atoms with Crippen LogP contribution in [-0.4, -0.2) is 82.5 Å². The number of methoxy groups -OCH3 is 2. The fourth-order valence-electron chi connectivity index (χ4n) is 4.32. The number of hydrogen-bond acceptors (Lipinski definition) is 6. The number of benzene rings is 2. The molecule has 1 aliphatic rings. The maximum atomic E-state index is 13.3. The number of hydrogen-bond donors (Lipinski definition) is 0. The molecule has 1 amide bonds. The third-order valence-corrected chi connectivity index (χ3v) is 6.45. The molecule has 0 aliphatic carbocycles. The second-order valence-electron chi connectivity index (χ2n) is 8.77. The van der Waals surface area contributed by atoms with Crippen molar-refractivity contribution >= 4 is 16.9 Å². The number of rotatable bonds is 6. The molecule has 0 bridgehead atoms. The van der Waals surface area contributed by atoms with Crippen molar-refractivity contribution in [3.8, 4) is 28.3 Å². The van der Waals surface area contributed by atoms with Crippen LogP contribution >= 0.6 is 0 Å². The summed E-state index contributed by atoms with van der Waals surface area (Å²) in [5.41, 5.74) is 5.12. The summed E-state index contributed by atoms with van der Waals surface area (Å²) in [4.78, 5) is 21.8. The van der Waals surface area contributed by atoms with E-state index in [0.29, 0.717) is 36.2 Å². The Kier molecular flexibility index (Phi) is 5.49. The molecule has 9 nitrogen and oxygen atoms in total. The van der Waals surface area contributed by atoms with Crippen LogP contribution in [0.4, 0.5) is 0 Å². The molecule has 0 saturated carbocycles. The van der Waals surface area contributed by atoms with Crippen LogP contribution in [0, 0.1) is 0 Å². The van der Waals surface area contributed by atoms with Gasteiger partial charge in [0.1, 0.15) is 23.4 Å². The number of ether oxygens (including phenoxy) is 2. The van der Waals surface area contributed by atoms with Gasteiger partial charge in [0.15, 0.2) is 0 Å². The Morgan fingerprint density at radius 2 is 1.76 bits per heavy atom. The molecule has 4 aromatic rings. The van der Waals surface area contributed by atoms with Crippen LogP contribution in [-0.2, 0) is 7.05 Å². The number of fused-ring (bicyclic) bond motifs is 1.